The number of anilines is 2. The van der Waals surface area contributed by atoms with Gasteiger partial charge in [0.1, 0.15) is 17.5 Å². The van der Waals surface area contributed by atoms with E-state index in [0.29, 0.717) is 6.04 Å². The first-order valence-electron chi connectivity index (χ1n) is 6.55. The predicted octanol–water partition coefficient (Wildman–Crippen LogP) is 1.36. The van der Waals surface area contributed by atoms with Crippen molar-refractivity contribution < 1.29 is 0 Å². The zero-order chi connectivity index (χ0) is 13.1. The van der Waals surface area contributed by atoms with Crippen LogP contribution < -0.4 is 10.2 Å². The maximum Gasteiger partial charge on any atom is 0.134 e. The number of likely N-dealkylation sites (tertiary alicyclic amines) is 1. The van der Waals surface area contributed by atoms with Crippen molar-refractivity contribution in [3.05, 3.63) is 11.9 Å². The Morgan fingerprint density at radius 3 is 2.89 bits per heavy atom. The Hall–Kier alpha value is -1.36. The smallest absolute Gasteiger partial charge is 0.134 e. The molecule has 5 nitrogen and oxygen atoms in total. The number of rotatable bonds is 4. The van der Waals surface area contributed by atoms with Crippen LogP contribution in [0.15, 0.2) is 6.07 Å². The maximum atomic E-state index is 4.51. The molecule has 1 aromatic heterocycles. The van der Waals surface area contributed by atoms with E-state index in [1.807, 2.05) is 20.0 Å². The third kappa shape index (κ3) is 2.90. The molecule has 1 aliphatic heterocycles. The highest BCUT2D eigenvalue weighted by Crippen LogP contribution is 2.19. The van der Waals surface area contributed by atoms with E-state index in [-0.39, 0.29) is 0 Å². The monoisotopic (exact) mass is 249 g/mol. The van der Waals surface area contributed by atoms with Crippen LogP contribution in [0.3, 0.4) is 0 Å². The normalized spacial score (nSPS) is 20.1. The second-order valence-electron chi connectivity index (χ2n) is 5.07. The van der Waals surface area contributed by atoms with Gasteiger partial charge < -0.3 is 15.1 Å². The van der Waals surface area contributed by atoms with Crippen LogP contribution in [0.4, 0.5) is 11.6 Å². The fourth-order valence-corrected chi connectivity index (χ4v) is 2.50. The standard InChI is InChI=1S/C13H23N5/c1-10-15-12(14-2)8-13(16-10)18(4)9-11-6-5-7-17(11)3/h8,11H,5-7,9H2,1-4H3,(H,14,15,16). The van der Waals surface area contributed by atoms with Crippen molar-refractivity contribution in [2.75, 3.05) is 44.4 Å². The van der Waals surface area contributed by atoms with Gasteiger partial charge in [-0.2, -0.15) is 0 Å². The zero-order valence-electron chi connectivity index (χ0n) is 11.8. The Balaban J connectivity index is 2.08. The first-order chi connectivity index (χ1) is 8.60. The van der Waals surface area contributed by atoms with Crippen molar-refractivity contribution in [3.8, 4) is 0 Å². The van der Waals surface area contributed by atoms with Crippen LogP contribution in [0.5, 0.6) is 0 Å². The average molecular weight is 249 g/mol. The van der Waals surface area contributed by atoms with Crippen LogP contribution in [0.2, 0.25) is 0 Å². The van der Waals surface area contributed by atoms with Crippen molar-refractivity contribution in [1.29, 1.82) is 0 Å². The molecule has 0 amide bonds. The average Bonchev–Trinajstić information content (AvgIpc) is 2.74. The van der Waals surface area contributed by atoms with E-state index in [9.17, 15) is 0 Å². The lowest BCUT2D eigenvalue weighted by Gasteiger charge is -2.26. The topological polar surface area (TPSA) is 44.3 Å². The summed E-state index contributed by atoms with van der Waals surface area (Å²) >= 11 is 0. The molecule has 0 aromatic carbocycles. The van der Waals surface area contributed by atoms with Gasteiger partial charge in [-0.15, -0.1) is 0 Å². The summed E-state index contributed by atoms with van der Waals surface area (Å²) in [6.45, 7) is 4.17. The minimum Gasteiger partial charge on any atom is -0.373 e. The minimum atomic E-state index is 0.642. The van der Waals surface area contributed by atoms with Crippen LogP contribution in [-0.4, -0.2) is 55.1 Å². The first-order valence-corrected chi connectivity index (χ1v) is 6.55. The van der Waals surface area contributed by atoms with Crippen LogP contribution in [0.1, 0.15) is 18.7 Å². The Labute approximate surface area is 109 Å². The summed E-state index contributed by atoms with van der Waals surface area (Å²) in [6, 6.07) is 2.64. The van der Waals surface area contributed by atoms with E-state index in [4.69, 9.17) is 0 Å². The highest BCUT2D eigenvalue weighted by Gasteiger charge is 2.22. The molecule has 0 radical (unpaired) electrons. The van der Waals surface area contributed by atoms with Crippen molar-refractivity contribution in [3.63, 3.8) is 0 Å². The Bertz CT molecular complexity index is 406. The highest BCUT2D eigenvalue weighted by molar-refractivity contribution is 5.48. The quantitative estimate of drug-likeness (QED) is 0.873. The van der Waals surface area contributed by atoms with E-state index < -0.39 is 0 Å². The van der Waals surface area contributed by atoms with Gasteiger partial charge in [-0.25, -0.2) is 9.97 Å². The molecule has 0 saturated carbocycles. The molecule has 100 valence electrons. The third-order valence-corrected chi connectivity index (χ3v) is 3.63. The molecule has 1 fully saturated rings. The van der Waals surface area contributed by atoms with Crippen LogP contribution in [0, 0.1) is 6.92 Å². The summed E-state index contributed by atoms with van der Waals surface area (Å²) in [5, 5.41) is 3.08. The Kier molecular flexibility index (Phi) is 4.01. The number of aryl methyl sites for hydroxylation is 1. The van der Waals surface area contributed by atoms with Gasteiger partial charge in [0.25, 0.3) is 0 Å². The molecule has 0 bridgehead atoms. The van der Waals surface area contributed by atoms with E-state index in [0.717, 1.165) is 24.0 Å². The summed E-state index contributed by atoms with van der Waals surface area (Å²) in [5.74, 6) is 2.68. The molecule has 2 heterocycles. The summed E-state index contributed by atoms with van der Waals surface area (Å²) in [6.07, 6.45) is 2.59. The molecular formula is C13H23N5. The van der Waals surface area contributed by atoms with E-state index in [1.54, 1.807) is 0 Å². The SMILES string of the molecule is CNc1cc(N(C)CC2CCCN2C)nc(C)n1. The lowest BCUT2D eigenvalue weighted by atomic mass is 10.2. The van der Waals surface area contributed by atoms with Crippen LogP contribution in [-0.2, 0) is 0 Å². The molecule has 1 unspecified atom stereocenters. The second kappa shape index (κ2) is 5.52. The summed E-state index contributed by atoms with van der Waals surface area (Å²) < 4.78 is 0. The van der Waals surface area contributed by atoms with E-state index >= 15 is 0 Å². The van der Waals surface area contributed by atoms with Gasteiger partial charge in [0.2, 0.25) is 0 Å². The first kappa shape index (κ1) is 13.1. The number of aromatic nitrogens is 2. The summed E-state index contributed by atoms with van der Waals surface area (Å²) in [4.78, 5) is 13.5. The van der Waals surface area contributed by atoms with Gasteiger partial charge >= 0.3 is 0 Å². The van der Waals surface area contributed by atoms with Crippen molar-refractivity contribution in [2.45, 2.75) is 25.8 Å². The molecule has 1 aliphatic rings. The second-order valence-corrected chi connectivity index (χ2v) is 5.07. The fraction of sp³-hybridized carbons (Fsp3) is 0.692. The Morgan fingerprint density at radius 2 is 2.28 bits per heavy atom. The number of hydrogen-bond donors (Lipinski definition) is 1. The highest BCUT2D eigenvalue weighted by atomic mass is 15.2. The van der Waals surface area contributed by atoms with Crippen LogP contribution in [0.25, 0.3) is 0 Å². The van der Waals surface area contributed by atoms with Crippen LogP contribution >= 0.6 is 0 Å². The molecule has 2 rings (SSSR count). The van der Waals surface area contributed by atoms with Crippen molar-refractivity contribution in [1.82, 2.24) is 14.9 Å². The van der Waals surface area contributed by atoms with Crippen molar-refractivity contribution >= 4 is 11.6 Å². The van der Waals surface area contributed by atoms with Gasteiger partial charge in [-0.05, 0) is 33.4 Å². The number of hydrogen-bond acceptors (Lipinski definition) is 5. The van der Waals surface area contributed by atoms with E-state index in [2.05, 4.69) is 39.2 Å². The van der Waals surface area contributed by atoms with Gasteiger partial charge in [0.05, 0.1) is 0 Å². The number of likely N-dealkylation sites (N-methyl/N-ethyl adjacent to an activating group) is 2. The van der Waals surface area contributed by atoms with Gasteiger partial charge in [0.15, 0.2) is 0 Å². The zero-order valence-corrected chi connectivity index (χ0v) is 11.8. The summed E-state index contributed by atoms with van der Waals surface area (Å²) in [7, 11) is 6.19. The van der Waals surface area contributed by atoms with Crippen molar-refractivity contribution in [2.24, 2.45) is 0 Å². The summed E-state index contributed by atoms with van der Waals surface area (Å²) in [5.41, 5.74) is 0. The molecule has 5 heteroatoms. The lowest BCUT2D eigenvalue weighted by Crippen LogP contribution is -2.37. The molecule has 18 heavy (non-hydrogen) atoms. The molecule has 0 aliphatic carbocycles. The van der Waals surface area contributed by atoms with E-state index in [1.165, 1.54) is 19.4 Å². The number of nitrogens with zero attached hydrogens (tertiary/aromatic N) is 4. The minimum absolute atomic E-state index is 0.642. The molecule has 1 N–H and O–H groups in total. The van der Waals surface area contributed by atoms with Gasteiger partial charge in [0, 0.05) is 32.7 Å². The van der Waals surface area contributed by atoms with Gasteiger partial charge in [-0.1, -0.05) is 0 Å². The number of nitrogens with one attached hydrogen (secondary N) is 1. The third-order valence-electron chi connectivity index (χ3n) is 3.63. The molecule has 0 spiro atoms. The Morgan fingerprint density at radius 1 is 1.50 bits per heavy atom. The predicted molar refractivity (Wildman–Crippen MR) is 75.2 cm³/mol. The largest absolute Gasteiger partial charge is 0.373 e. The molecule has 1 atom stereocenters. The van der Waals surface area contributed by atoms with Gasteiger partial charge in [-0.3, -0.25) is 0 Å². The lowest BCUT2D eigenvalue weighted by molar-refractivity contribution is 0.314. The molecular weight excluding hydrogens is 226 g/mol. The molecule has 1 aromatic rings. The maximum absolute atomic E-state index is 4.51. The fourth-order valence-electron chi connectivity index (χ4n) is 2.50. The molecule has 1 saturated heterocycles.